The zero-order valence-electron chi connectivity index (χ0n) is 11.0. The molecule has 1 aromatic rings. The largest absolute Gasteiger partial charge is 0.482 e. The molecule has 1 amide bonds. The molecule has 0 unspecified atom stereocenters. The number of hydrogen-bond donors (Lipinski definition) is 2. The SMILES string of the molecule is O=C1COc2ccc(CN3C[C@@H](F)C[C@H]3CO)cc2N1. The Morgan fingerprint density at radius 1 is 1.50 bits per heavy atom. The summed E-state index contributed by atoms with van der Waals surface area (Å²) in [7, 11) is 0. The number of fused-ring (bicyclic) bond motifs is 1. The first-order valence-electron chi connectivity index (χ1n) is 6.70. The first-order valence-corrected chi connectivity index (χ1v) is 6.70. The van der Waals surface area contributed by atoms with Crippen LogP contribution in [0.1, 0.15) is 12.0 Å². The van der Waals surface area contributed by atoms with E-state index < -0.39 is 6.17 Å². The van der Waals surface area contributed by atoms with Crippen LogP contribution < -0.4 is 10.1 Å². The molecule has 2 N–H and O–H groups in total. The van der Waals surface area contributed by atoms with Crippen molar-refractivity contribution >= 4 is 11.6 Å². The van der Waals surface area contributed by atoms with Gasteiger partial charge in [-0.05, 0) is 24.1 Å². The molecule has 1 saturated heterocycles. The lowest BCUT2D eigenvalue weighted by Crippen LogP contribution is -2.32. The summed E-state index contributed by atoms with van der Waals surface area (Å²) >= 11 is 0. The fourth-order valence-corrected chi connectivity index (χ4v) is 2.77. The Kier molecular flexibility index (Phi) is 3.58. The molecule has 1 fully saturated rings. The number of rotatable bonds is 3. The lowest BCUT2D eigenvalue weighted by atomic mass is 10.1. The highest BCUT2D eigenvalue weighted by Crippen LogP contribution is 2.30. The maximum absolute atomic E-state index is 13.4. The Bertz CT molecular complexity index is 523. The maximum Gasteiger partial charge on any atom is 0.262 e. The average Bonchev–Trinajstić information content (AvgIpc) is 2.78. The summed E-state index contributed by atoms with van der Waals surface area (Å²) < 4.78 is 18.7. The number of ether oxygens (including phenoxy) is 1. The van der Waals surface area contributed by atoms with Gasteiger partial charge in [0.25, 0.3) is 5.91 Å². The van der Waals surface area contributed by atoms with Gasteiger partial charge in [-0.15, -0.1) is 0 Å². The van der Waals surface area contributed by atoms with Gasteiger partial charge >= 0.3 is 0 Å². The molecule has 108 valence electrons. The molecule has 2 atom stereocenters. The van der Waals surface area contributed by atoms with E-state index in [4.69, 9.17) is 4.74 Å². The summed E-state index contributed by atoms with van der Waals surface area (Å²) in [5.74, 6) is 0.477. The van der Waals surface area contributed by atoms with Crippen molar-refractivity contribution in [2.24, 2.45) is 0 Å². The second-order valence-electron chi connectivity index (χ2n) is 5.27. The molecule has 2 heterocycles. The number of anilines is 1. The van der Waals surface area contributed by atoms with Gasteiger partial charge in [0.2, 0.25) is 0 Å². The molecule has 0 radical (unpaired) electrons. The molecule has 5 nitrogen and oxygen atoms in total. The highest BCUT2D eigenvalue weighted by atomic mass is 19.1. The molecule has 0 aliphatic carbocycles. The van der Waals surface area contributed by atoms with E-state index in [2.05, 4.69) is 5.32 Å². The lowest BCUT2D eigenvalue weighted by Gasteiger charge is -2.23. The minimum atomic E-state index is -0.882. The summed E-state index contributed by atoms with van der Waals surface area (Å²) in [6.07, 6.45) is -0.505. The fraction of sp³-hybridized carbons (Fsp3) is 0.500. The average molecular weight is 280 g/mol. The Hall–Kier alpha value is -1.66. The van der Waals surface area contributed by atoms with Crippen LogP contribution in [0.4, 0.5) is 10.1 Å². The predicted molar refractivity (Wildman–Crippen MR) is 71.4 cm³/mol. The van der Waals surface area contributed by atoms with Crippen LogP contribution in [0.3, 0.4) is 0 Å². The Morgan fingerprint density at radius 2 is 2.35 bits per heavy atom. The molecule has 20 heavy (non-hydrogen) atoms. The van der Waals surface area contributed by atoms with Crippen LogP contribution in [0, 0.1) is 0 Å². The molecule has 2 aliphatic rings. The van der Waals surface area contributed by atoms with Gasteiger partial charge < -0.3 is 15.2 Å². The number of halogens is 1. The van der Waals surface area contributed by atoms with Crippen LogP contribution in [0.2, 0.25) is 0 Å². The molecule has 0 aromatic heterocycles. The van der Waals surface area contributed by atoms with Gasteiger partial charge in [0.15, 0.2) is 6.61 Å². The van der Waals surface area contributed by atoms with Crippen LogP contribution >= 0.6 is 0 Å². The monoisotopic (exact) mass is 280 g/mol. The van der Waals surface area contributed by atoms with Crippen LogP contribution in [0.25, 0.3) is 0 Å². The van der Waals surface area contributed by atoms with E-state index >= 15 is 0 Å². The number of nitrogens with one attached hydrogen (secondary N) is 1. The van der Waals surface area contributed by atoms with Gasteiger partial charge in [0.1, 0.15) is 11.9 Å². The number of hydrogen-bond acceptors (Lipinski definition) is 4. The third-order valence-electron chi connectivity index (χ3n) is 3.75. The van der Waals surface area contributed by atoms with Crippen molar-refractivity contribution in [3.8, 4) is 5.75 Å². The van der Waals surface area contributed by atoms with Crippen molar-refractivity contribution in [3.05, 3.63) is 23.8 Å². The van der Waals surface area contributed by atoms with E-state index in [1.807, 2.05) is 17.0 Å². The number of benzene rings is 1. The van der Waals surface area contributed by atoms with Gasteiger partial charge in [-0.1, -0.05) is 6.07 Å². The van der Waals surface area contributed by atoms with Crippen LogP contribution in [-0.4, -0.2) is 47.9 Å². The van der Waals surface area contributed by atoms with Gasteiger partial charge in [-0.3, -0.25) is 9.69 Å². The van der Waals surface area contributed by atoms with E-state index in [9.17, 15) is 14.3 Å². The first-order chi connectivity index (χ1) is 9.65. The minimum absolute atomic E-state index is 0.0363. The molecular weight excluding hydrogens is 263 g/mol. The predicted octanol–water partition coefficient (Wildman–Crippen LogP) is 0.922. The highest BCUT2D eigenvalue weighted by Gasteiger charge is 2.31. The normalized spacial score (nSPS) is 26.0. The molecule has 0 spiro atoms. The Balaban J connectivity index is 1.75. The van der Waals surface area contributed by atoms with Crippen molar-refractivity contribution < 1.29 is 19.0 Å². The zero-order valence-corrected chi connectivity index (χ0v) is 11.0. The van der Waals surface area contributed by atoms with Crippen LogP contribution in [0.5, 0.6) is 5.75 Å². The number of amides is 1. The molecule has 3 rings (SSSR count). The van der Waals surface area contributed by atoms with Gasteiger partial charge in [-0.25, -0.2) is 4.39 Å². The second kappa shape index (κ2) is 5.38. The number of aliphatic hydroxyl groups excluding tert-OH is 1. The summed E-state index contributed by atoms with van der Waals surface area (Å²) in [5, 5.41) is 12.0. The number of carbonyl (C=O) groups is 1. The summed E-state index contributed by atoms with van der Waals surface area (Å²) in [6.45, 7) is 0.889. The molecule has 0 bridgehead atoms. The summed E-state index contributed by atoms with van der Waals surface area (Å²) in [6, 6.07) is 5.41. The molecular formula is C14H17FN2O3. The Morgan fingerprint density at radius 3 is 3.15 bits per heavy atom. The number of likely N-dealkylation sites (tertiary alicyclic amines) is 1. The van der Waals surface area contributed by atoms with E-state index in [1.165, 1.54) is 0 Å². The van der Waals surface area contributed by atoms with Crippen LogP contribution in [0.15, 0.2) is 18.2 Å². The number of aliphatic hydroxyl groups is 1. The number of nitrogens with zero attached hydrogens (tertiary/aromatic N) is 1. The third kappa shape index (κ3) is 2.62. The minimum Gasteiger partial charge on any atom is -0.482 e. The molecule has 2 aliphatic heterocycles. The smallest absolute Gasteiger partial charge is 0.262 e. The standard InChI is InChI=1S/C14H17FN2O3/c15-10-4-11(7-18)17(6-10)5-9-1-2-13-12(3-9)16-14(19)8-20-13/h1-3,10-11,18H,4-8H2,(H,16,19)/t10-,11-/m0/s1. The van der Waals surface area contributed by atoms with Crippen molar-refractivity contribution in [2.75, 3.05) is 25.1 Å². The lowest BCUT2D eigenvalue weighted by molar-refractivity contribution is -0.118. The number of carbonyl (C=O) groups excluding carboxylic acids is 1. The maximum atomic E-state index is 13.4. The first kappa shape index (κ1) is 13.3. The highest BCUT2D eigenvalue weighted by molar-refractivity contribution is 5.95. The molecule has 6 heteroatoms. The van der Waals surface area contributed by atoms with E-state index in [-0.39, 0.29) is 25.2 Å². The zero-order chi connectivity index (χ0) is 14.1. The third-order valence-corrected chi connectivity index (χ3v) is 3.75. The topological polar surface area (TPSA) is 61.8 Å². The molecule has 1 aromatic carbocycles. The quantitative estimate of drug-likeness (QED) is 0.864. The van der Waals surface area contributed by atoms with Gasteiger partial charge in [0.05, 0.1) is 12.3 Å². The van der Waals surface area contributed by atoms with Crippen molar-refractivity contribution in [1.29, 1.82) is 0 Å². The van der Waals surface area contributed by atoms with Gasteiger partial charge in [-0.2, -0.15) is 0 Å². The Labute approximate surface area is 116 Å². The fourth-order valence-electron chi connectivity index (χ4n) is 2.77. The van der Waals surface area contributed by atoms with Crippen molar-refractivity contribution in [3.63, 3.8) is 0 Å². The van der Waals surface area contributed by atoms with Crippen molar-refractivity contribution in [1.82, 2.24) is 4.90 Å². The van der Waals surface area contributed by atoms with Crippen LogP contribution in [-0.2, 0) is 11.3 Å². The summed E-state index contributed by atoms with van der Waals surface area (Å²) in [5.41, 5.74) is 1.61. The second-order valence-corrected chi connectivity index (χ2v) is 5.27. The van der Waals surface area contributed by atoms with Crippen molar-refractivity contribution in [2.45, 2.75) is 25.2 Å². The number of alkyl halides is 1. The summed E-state index contributed by atoms with van der Waals surface area (Å²) in [4.78, 5) is 13.2. The van der Waals surface area contributed by atoms with E-state index in [0.717, 1.165) is 5.56 Å². The van der Waals surface area contributed by atoms with E-state index in [1.54, 1.807) is 6.07 Å². The van der Waals surface area contributed by atoms with Gasteiger partial charge in [0, 0.05) is 19.1 Å². The molecule has 0 saturated carbocycles. The van der Waals surface area contributed by atoms with E-state index in [0.29, 0.717) is 30.9 Å².